The van der Waals surface area contributed by atoms with Gasteiger partial charge in [0.15, 0.2) is 10.9 Å². The van der Waals surface area contributed by atoms with Gasteiger partial charge in [-0.25, -0.2) is 9.97 Å². The number of aromatic nitrogens is 2. The number of halogens is 2. The number of anilines is 1. The average Bonchev–Trinajstić information content (AvgIpc) is 3.31. The summed E-state index contributed by atoms with van der Waals surface area (Å²) in [4.78, 5) is 11.2. The van der Waals surface area contributed by atoms with Gasteiger partial charge in [-0.15, -0.1) is 11.3 Å². The van der Waals surface area contributed by atoms with Crippen LogP contribution in [0.2, 0.25) is 0 Å². The molecule has 3 saturated heterocycles. The van der Waals surface area contributed by atoms with Gasteiger partial charge >= 0.3 is 6.11 Å². The van der Waals surface area contributed by atoms with Gasteiger partial charge in [0.1, 0.15) is 17.1 Å². The number of thiazole rings is 2. The maximum absolute atomic E-state index is 13.6. The minimum absolute atomic E-state index is 0.0350. The first kappa shape index (κ1) is 17.2. The van der Waals surface area contributed by atoms with Crippen molar-refractivity contribution in [3.63, 3.8) is 0 Å². The Balaban J connectivity index is 1.60. The molecule has 6 rings (SSSR count). The fraction of sp³-hybridized carbons (Fsp3) is 0.412. The van der Waals surface area contributed by atoms with Crippen LogP contribution < -0.4 is 15.0 Å². The Hall–Kier alpha value is -1.88. The predicted molar refractivity (Wildman–Crippen MR) is 101 cm³/mol. The number of ether oxygens (including phenoxy) is 1. The smallest absolute Gasteiger partial charge is 0.421 e. The summed E-state index contributed by atoms with van der Waals surface area (Å²) in [6.07, 6.45) is -0.777. The van der Waals surface area contributed by atoms with Crippen LogP contribution >= 0.6 is 22.7 Å². The SMILES string of the molecule is OCC(F)(F)Oc1ccc(-c2nccs2)c2sc(N3CC4CC(C3)N4)nc12. The first-order valence-corrected chi connectivity index (χ1v) is 10.2. The number of hydrogen-bond donors (Lipinski definition) is 2. The fourth-order valence-corrected chi connectivity index (χ4v) is 5.43. The van der Waals surface area contributed by atoms with E-state index in [0.29, 0.717) is 17.6 Å². The summed E-state index contributed by atoms with van der Waals surface area (Å²) >= 11 is 2.95. The van der Waals surface area contributed by atoms with Crippen molar-refractivity contribution in [1.82, 2.24) is 15.3 Å². The molecule has 27 heavy (non-hydrogen) atoms. The minimum Gasteiger partial charge on any atom is -0.428 e. The van der Waals surface area contributed by atoms with Crippen molar-refractivity contribution in [1.29, 1.82) is 0 Å². The van der Waals surface area contributed by atoms with E-state index in [1.165, 1.54) is 35.2 Å². The highest BCUT2D eigenvalue weighted by Gasteiger charge is 2.38. The van der Waals surface area contributed by atoms with Gasteiger partial charge in [0.2, 0.25) is 0 Å². The zero-order chi connectivity index (χ0) is 18.6. The number of rotatable bonds is 5. The molecule has 3 aliphatic rings. The quantitative estimate of drug-likeness (QED) is 0.674. The zero-order valence-corrected chi connectivity index (χ0v) is 15.7. The topological polar surface area (TPSA) is 70.5 Å². The Morgan fingerprint density at radius 1 is 1.33 bits per heavy atom. The molecule has 1 aromatic carbocycles. The Morgan fingerprint density at radius 3 is 2.78 bits per heavy atom. The summed E-state index contributed by atoms with van der Waals surface area (Å²) in [5.74, 6) is -0.0350. The minimum atomic E-state index is -3.66. The molecule has 10 heteroatoms. The van der Waals surface area contributed by atoms with Crippen molar-refractivity contribution < 1.29 is 18.6 Å². The Bertz CT molecular complexity index is 963. The Labute approximate surface area is 161 Å². The summed E-state index contributed by atoms with van der Waals surface area (Å²) in [6, 6.07) is 4.12. The molecule has 0 radical (unpaired) electrons. The van der Waals surface area contributed by atoms with Gasteiger partial charge in [-0.3, -0.25) is 0 Å². The van der Waals surface area contributed by atoms with Gasteiger partial charge in [-0.1, -0.05) is 11.3 Å². The first-order chi connectivity index (χ1) is 13.0. The van der Waals surface area contributed by atoms with Crippen LogP contribution in [-0.2, 0) is 0 Å². The highest BCUT2D eigenvalue weighted by molar-refractivity contribution is 7.23. The summed E-state index contributed by atoms with van der Waals surface area (Å²) in [5.41, 5.74) is 1.23. The van der Waals surface area contributed by atoms with Gasteiger partial charge in [-0.2, -0.15) is 8.78 Å². The van der Waals surface area contributed by atoms with Crippen molar-refractivity contribution >= 4 is 38.0 Å². The molecule has 3 fully saturated rings. The third-order valence-corrected chi connectivity index (χ3v) is 6.75. The molecule has 3 aromatic rings. The number of piperidine rings is 1. The van der Waals surface area contributed by atoms with Gasteiger partial charge in [0.25, 0.3) is 0 Å². The monoisotopic (exact) mass is 410 g/mol. The van der Waals surface area contributed by atoms with Gasteiger partial charge < -0.3 is 20.1 Å². The maximum atomic E-state index is 13.6. The molecule has 2 atom stereocenters. The Kier molecular flexibility index (Phi) is 4.04. The number of hydrogen-bond acceptors (Lipinski definition) is 8. The normalized spacial score (nSPS) is 22.1. The average molecular weight is 410 g/mol. The molecule has 142 valence electrons. The number of nitrogens with zero attached hydrogens (tertiary/aromatic N) is 3. The van der Waals surface area contributed by atoms with E-state index in [2.05, 4.69) is 20.2 Å². The number of aliphatic hydroxyl groups is 1. The van der Waals surface area contributed by atoms with Gasteiger partial charge in [0.05, 0.1) is 4.70 Å². The molecular weight excluding hydrogens is 394 g/mol. The molecule has 0 aliphatic carbocycles. The third-order valence-electron chi connectivity index (χ3n) is 4.79. The zero-order valence-electron chi connectivity index (χ0n) is 14.1. The van der Waals surface area contributed by atoms with Crippen molar-refractivity contribution in [2.75, 3.05) is 24.6 Å². The van der Waals surface area contributed by atoms with E-state index < -0.39 is 12.7 Å². The van der Waals surface area contributed by atoms with E-state index in [-0.39, 0.29) is 5.75 Å². The standard InChI is InChI=1S/C17H16F2N4O2S2/c18-17(19,8-24)25-12-2-1-11(15-20-3-4-26-15)14-13(12)22-16(27-14)23-6-9-5-10(7-23)21-9/h1-4,9-10,21,24H,5-8H2. The second-order valence-electron chi connectivity index (χ2n) is 6.72. The van der Waals surface area contributed by atoms with Gasteiger partial charge in [-0.05, 0) is 18.6 Å². The molecule has 2 bridgehead atoms. The second kappa shape index (κ2) is 6.33. The first-order valence-electron chi connectivity index (χ1n) is 8.54. The van der Waals surface area contributed by atoms with Crippen LogP contribution in [0.5, 0.6) is 5.75 Å². The molecule has 0 spiro atoms. The van der Waals surface area contributed by atoms with Crippen molar-refractivity contribution in [3.8, 4) is 16.3 Å². The van der Waals surface area contributed by atoms with E-state index >= 15 is 0 Å². The molecule has 6 nitrogen and oxygen atoms in total. The predicted octanol–water partition coefficient (Wildman–Crippen LogP) is 2.93. The summed E-state index contributed by atoms with van der Waals surface area (Å²) in [7, 11) is 0. The lowest BCUT2D eigenvalue weighted by Gasteiger charge is -2.48. The second-order valence-corrected chi connectivity index (χ2v) is 8.59. The molecule has 0 saturated carbocycles. The molecule has 2 N–H and O–H groups in total. The van der Waals surface area contributed by atoms with Crippen LogP contribution in [0.1, 0.15) is 6.42 Å². The molecular formula is C17H16F2N4O2S2. The fourth-order valence-electron chi connectivity index (χ4n) is 3.58. The number of piperazine rings is 1. The van der Waals surface area contributed by atoms with E-state index in [4.69, 9.17) is 9.84 Å². The van der Waals surface area contributed by atoms with Gasteiger partial charge in [0, 0.05) is 42.3 Å². The molecule has 3 aliphatic heterocycles. The molecule has 5 heterocycles. The molecule has 0 amide bonds. The van der Waals surface area contributed by atoms with E-state index in [0.717, 1.165) is 33.5 Å². The maximum Gasteiger partial charge on any atom is 0.421 e. The van der Waals surface area contributed by atoms with Crippen molar-refractivity contribution in [3.05, 3.63) is 23.7 Å². The highest BCUT2D eigenvalue weighted by Crippen LogP contribution is 2.43. The van der Waals surface area contributed by atoms with E-state index in [9.17, 15) is 8.78 Å². The van der Waals surface area contributed by atoms with E-state index in [1.54, 1.807) is 12.3 Å². The Morgan fingerprint density at radius 2 is 2.11 bits per heavy atom. The summed E-state index contributed by atoms with van der Waals surface area (Å²) in [6.45, 7) is 0.318. The molecule has 2 unspecified atom stereocenters. The van der Waals surface area contributed by atoms with Crippen LogP contribution in [0.15, 0.2) is 23.7 Å². The van der Waals surface area contributed by atoms with Crippen LogP contribution in [-0.4, -0.2) is 53.0 Å². The largest absolute Gasteiger partial charge is 0.428 e. The number of fused-ring (bicyclic) bond motifs is 3. The third kappa shape index (κ3) is 3.06. The molecule has 2 aromatic heterocycles. The van der Waals surface area contributed by atoms with Crippen molar-refractivity contribution in [2.24, 2.45) is 0 Å². The number of nitrogens with one attached hydrogen (secondary N) is 1. The lowest BCUT2D eigenvalue weighted by Crippen LogP contribution is -2.67. The van der Waals surface area contributed by atoms with Crippen LogP contribution in [0.25, 0.3) is 20.8 Å². The van der Waals surface area contributed by atoms with Crippen LogP contribution in [0.4, 0.5) is 13.9 Å². The summed E-state index contributed by atoms with van der Waals surface area (Å²) in [5, 5.41) is 15.8. The number of aliphatic hydroxyl groups excluding tert-OH is 1. The number of benzene rings is 1. The number of alkyl halides is 2. The van der Waals surface area contributed by atoms with Crippen LogP contribution in [0, 0.1) is 0 Å². The highest BCUT2D eigenvalue weighted by atomic mass is 32.1. The van der Waals surface area contributed by atoms with E-state index in [1.807, 2.05) is 5.38 Å². The summed E-state index contributed by atoms with van der Waals surface area (Å²) < 4.78 is 32.8. The van der Waals surface area contributed by atoms with Crippen LogP contribution in [0.3, 0.4) is 0 Å². The lowest BCUT2D eigenvalue weighted by molar-refractivity contribution is -0.200. The lowest BCUT2D eigenvalue weighted by atomic mass is 9.92. The van der Waals surface area contributed by atoms with Crippen molar-refractivity contribution in [2.45, 2.75) is 24.6 Å².